The fourth-order valence-electron chi connectivity index (χ4n) is 1.53. The SMILES string of the molecule is [CH3][Sc]([CH3])([CH3])([CH3])([CH3])[C]1=CC=CC1. The summed E-state index contributed by atoms with van der Waals surface area (Å²) in [6, 6.07) is 0. The Kier molecular flexibility index (Phi) is 1.55. The Hall–Kier alpha value is 0.350. The summed E-state index contributed by atoms with van der Waals surface area (Å²) in [6.45, 7) is 0. The van der Waals surface area contributed by atoms with Crippen molar-refractivity contribution >= 4 is 0 Å². The third-order valence-corrected chi connectivity index (χ3v) is 9.11. The monoisotopic (exact) mass is 185 g/mol. The van der Waals surface area contributed by atoms with E-state index in [2.05, 4.69) is 41.6 Å². The van der Waals surface area contributed by atoms with E-state index in [1.54, 1.807) is 3.33 Å². The minimum atomic E-state index is -2.73. The molecule has 0 bridgehead atoms. The Morgan fingerprint density at radius 3 is 1.82 bits per heavy atom. The first kappa shape index (κ1) is 9.44. The molecule has 63 valence electrons. The maximum absolute atomic E-state index is 2.73. The second kappa shape index (κ2) is 1.81. The van der Waals surface area contributed by atoms with Crippen LogP contribution in [0, 0.1) is 0 Å². The molecule has 1 aliphatic carbocycles. The molecule has 0 radical (unpaired) electrons. The molecule has 0 aromatic rings. The third-order valence-electron chi connectivity index (χ3n) is 2.65. The van der Waals surface area contributed by atoms with Crippen molar-refractivity contribution in [2.24, 2.45) is 0 Å². The molecule has 0 saturated heterocycles. The van der Waals surface area contributed by atoms with Gasteiger partial charge in [0, 0.05) is 0 Å². The fraction of sp³-hybridized carbons (Fsp3) is 0.600. The van der Waals surface area contributed by atoms with E-state index in [-0.39, 0.29) is 0 Å². The van der Waals surface area contributed by atoms with Crippen LogP contribution in [0.15, 0.2) is 21.6 Å². The predicted molar refractivity (Wildman–Crippen MR) is 51.2 cm³/mol. The van der Waals surface area contributed by atoms with E-state index >= 15 is 0 Å². The van der Waals surface area contributed by atoms with E-state index in [1.807, 2.05) is 0 Å². The molecule has 0 aliphatic heterocycles. The van der Waals surface area contributed by atoms with Crippen LogP contribution in [-0.4, -0.2) is 0 Å². The van der Waals surface area contributed by atoms with E-state index in [0.717, 1.165) is 0 Å². The van der Waals surface area contributed by atoms with Crippen LogP contribution in [0.1, 0.15) is 6.42 Å². The summed E-state index contributed by atoms with van der Waals surface area (Å²) in [5.41, 5.74) is 0. The van der Waals surface area contributed by atoms with Crippen LogP contribution in [-0.2, 0) is 17.0 Å². The number of rotatable bonds is 1. The van der Waals surface area contributed by atoms with Gasteiger partial charge in [-0.1, -0.05) is 0 Å². The second-order valence-corrected chi connectivity index (χ2v) is 32.3. The molecule has 0 spiro atoms. The van der Waals surface area contributed by atoms with Crippen molar-refractivity contribution in [2.45, 2.75) is 29.8 Å². The normalized spacial score (nSPS) is 24.3. The standard InChI is InChI=1S/C5H5.5CH3.Sc/c1-2-4-5-3-1;;;;;;/h1-3H,4H2;5*1H3;. The van der Waals surface area contributed by atoms with Crippen LogP contribution in [0.2, 0.25) is 23.4 Å². The number of hydrogen-bond acceptors (Lipinski definition) is 0. The van der Waals surface area contributed by atoms with E-state index < -0.39 is 17.0 Å². The van der Waals surface area contributed by atoms with Crippen molar-refractivity contribution in [1.29, 1.82) is 0 Å². The summed E-state index contributed by atoms with van der Waals surface area (Å²) in [4.78, 5) is 0. The molecule has 0 aromatic heterocycles. The van der Waals surface area contributed by atoms with Gasteiger partial charge in [-0.25, -0.2) is 0 Å². The average molecular weight is 185 g/mol. The third kappa shape index (κ3) is 2.40. The molecule has 0 saturated carbocycles. The van der Waals surface area contributed by atoms with Gasteiger partial charge in [0.25, 0.3) is 0 Å². The first-order valence-electron chi connectivity index (χ1n) is 4.89. The predicted octanol–water partition coefficient (Wildman–Crippen LogP) is 4.30. The molecule has 1 rings (SSSR count). The molecule has 0 aromatic carbocycles. The zero-order chi connectivity index (χ0) is 8.81. The van der Waals surface area contributed by atoms with Crippen LogP contribution >= 0.6 is 0 Å². The van der Waals surface area contributed by atoms with E-state index in [1.165, 1.54) is 6.42 Å². The van der Waals surface area contributed by atoms with Crippen molar-refractivity contribution < 1.29 is 17.0 Å². The van der Waals surface area contributed by atoms with E-state index in [4.69, 9.17) is 0 Å². The molecule has 0 heterocycles. The van der Waals surface area contributed by atoms with Crippen molar-refractivity contribution in [3.63, 3.8) is 0 Å². The second-order valence-electron chi connectivity index (χ2n) is 8.59. The van der Waals surface area contributed by atoms with Crippen molar-refractivity contribution in [3.8, 4) is 0 Å². The Labute approximate surface area is 68.3 Å². The molecule has 0 fully saturated rings. The van der Waals surface area contributed by atoms with Gasteiger partial charge in [0.1, 0.15) is 0 Å². The zero-order valence-electron chi connectivity index (χ0n) is 8.52. The molecule has 0 N–H and O–H groups in total. The molecular formula is C10H20Sc. The summed E-state index contributed by atoms with van der Waals surface area (Å²) < 4.78 is 14.2. The first-order valence-corrected chi connectivity index (χ1v) is 14.8. The van der Waals surface area contributed by atoms with Gasteiger partial charge >= 0.3 is 68.4 Å². The van der Waals surface area contributed by atoms with Gasteiger partial charge < -0.3 is 0 Å². The van der Waals surface area contributed by atoms with Crippen molar-refractivity contribution in [2.75, 3.05) is 0 Å². The summed E-state index contributed by atoms with van der Waals surface area (Å²) in [7, 11) is 0. The van der Waals surface area contributed by atoms with Crippen LogP contribution < -0.4 is 0 Å². The zero-order valence-corrected chi connectivity index (χ0v) is 10.3. The molecule has 0 amide bonds. The summed E-state index contributed by atoms with van der Waals surface area (Å²) >= 11 is -2.73. The molecule has 0 unspecified atom stereocenters. The molecule has 1 aliphatic rings. The van der Waals surface area contributed by atoms with Crippen LogP contribution in [0.25, 0.3) is 0 Å². The van der Waals surface area contributed by atoms with Gasteiger partial charge in [-0.3, -0.25) is 0 Å². The number of allylic oxidation sites excluding steroid dienone is 4. The van der Waals surface area contributed by atoms with Crippen molar-refractivity contribution in [1.82, 2.24) is 0 Å². The molecule has 1 heteroatoms. The van der Waals surface area contributed by atoms with Gasteiger partial charge in [-0.15, -0.1) is 0 Å². The molecule has 0 atom stereocenters. The average Bonchev–Trinajstić information content (AvgIpc) is 2.01. The molecule has 11 heavy (non-hydrogen) atoms. The summed E-state index contributed by atoms with van der Waals surface area (Å²) in [6.07, 6.45) is 8.00. The van der Waals surface area contributed by atoms with Crippen LogP contribution in [0.5, 0.6) is 0 Å². The van der Waals surface area contributed by atoms with Gasteiger partial charge in [-0.2, -0.15) is 0 Å². The van der Waals surface area contributed by atoms with Crippen molar-refractivity contribution in [3.05, 3.63) is 21.6 Å². The fourth-order valence-corrected chi connectivity index (χ4v) is 5.26. The number of hydrogen-bond donors (Lipinski definition) is 0. The van der Waals surface area contributed by atoms with Crippen LogP contribution in [0.4, 0.5) is 0 Å². The Bertz CT molecular complexity index is 232. The summed E-state index contributed by atoms with van der Waals surface area (Å²) in [5.74, 6) is 0. The first-order chi connectivity index (χ1) is 4.59. The van der Waals surface area contributed by atoms with Gasteiger partial charge in [0.05, 0.1) is 0 Å². The van der Waals surface area contributed by atoms with Gasteiger partial charge in [-0.05, 0) is 0 Å². The Balaban J connectivity index is 3.11. The van der Waals surface area contributed by atoms with Gasteiger partial charge in [0.2, 0.25) is 0 Å². The van der Waals surface area contributed by atoms with Crippen LogP contribution in [0.3, 0.4) is 0 Å². The minimum absolute atomic E-state index is 1.20. The van der Waals surface area contributed by atoms with Gasteiger partial charge in [0.15, 0.2) is 0 Å². The topological polar surface area (TPSA) is 0 Å². The Morgan fingerprint density at radius 2 is 1.64 bits per heavy atom. The quantitative estimate of drug-likeness (QED) is 0.571. The molecular weight excluding hydrogens is 165 g/mol. The Morgan fingerprint density at radius 1 is 1.09 bits per heavy atom. The van der Waals surface area contributed by atoms with E-state index in [9.17, 15) is 0 Å². The summed E-state index contributed by atoms with van der Waals surface area (Å²) in [5, 5.41) is 0. The molecule has 0 nitrogen and oxygen atoms in total. The maximum atomic E-state index is 2.50. The van der Waals surface area contributed by atoms with E-state index in [0.29, 0.717) is 0 Å².